The molecule has 2 N–H and O–H groups in total. The van der Waals surface area contributed by atoms with E-state index in [2.05, 4.69) is 15.7 Å². The van der Waals surface area contributed by atoms with Crippen molar-refractivity contribution in [3.05, 3.63) is 76.9 Å². The van der Waals surface area contributed by atoms with E-state index in [0.29, 0.717) is 29.6 Å². The van der Waals surface area contributed by atoms with Gasteiger partial charge in [0.2, 0.25) is 5.91 Å². The van der Waals surface area contributed by atoms with Crippen LogP contribution >= 0.6 is 11.6 Å². The molecule has 0 radical (unpaired) electrons. The first-order valence-corrected chi connectivity index (χ1v) is 11.3. The molecule has 3 aromatic rings. The third kappa shape index (κ3) is 6.35. The topological polar surface area (TPSA) is 79.3 Å². The monoisotopic (exact) mass is 467 g/mol. The molecule has 2 aromatic carbocycles. The quantitative estimate of drug-likeness (QED) is 0.513. The number of nitrogens with one attached hydrogen (secondary N) is 2. The maximum Gasteiger partial charge on any atom is 0.318 e. The van der Waals surface area contributed by atoms with Gasteiger partial charge in [-0.25, -0.2) is 9.48 Å². The van der Waals surface area contributed by atoms with Crippen LogP contribution < -0.4 is 10.6 Å². The van der Waals surface area contributed by atoms with Crippen molar-refractivity contribution in [3.63, 3.8) is 0 Å². The smallest absolute Gasteiger partial charge is 0.318 e. The number of urea groups is 1. The lowest BCUT2D eigenvalue weighted by Crippen LogP contribution is -2.43. The van der Waals surface area contributed by atoms with Gasteiger partial charge in [-0.05, 0) is 24.6 Å². The predicted octanol–water partition coefficient (Wildman–Crippen LogP) is 4.99. The van der Waals surface area contributed by atoms with Gasteiger partial charge in [0.1, 0.15) is 12.4 Å². The number of carbonyl (C=O) groups is 2. The second-order valence-electron chi connectivity index (χ2n) is 8.73. The molecule has 33 heavy (non-hydrogen) atoms. The maximum atomic E-state index is 12.9. The fourth-order valence-electron chi connectivity index (χ4n) is 3.21. The van der Waals surface area contributed by atoms with Gasteiger partial charge in [0, 0.05) is 24.6 Å². The summed E-state index contributed by atoms with van der Waals surface area (Å²) in [5, 5.41) is 11.0. The number of carbonyl (C=O) groups excluding carboxylic acids is 2. The molecule has 0 fully saturated rings. The Balaban J connectivity index is 1.73. The van der Waals surface area contributed by atoms with E-state index >= 15 is 0 Å². The Hall–Kier alpha value is -3.32. The summed E-state index contributed by atoms with van der Waals surface area (Å²) >= 11 is 6.39. The zero-order valence-electron chi connectivity index (χ0n) is 19.4. The second kappa shape index (κ2) is 10.5. The summed E-state index contributed by atoms with van der Waals surface area (Å²) in [6.07, 6.45) is 0. The lowest BCUT2D eigenvalue weighted by Gasteiger charge is -2.21. The molecule has 0 saturated heterocycles. The number of amides is 3. The van der Waals surface area contributed by atoms with Crippen molar-refractivity contribution in [1.29, 1.82) is 0 Å². The summed E-state index contributed by atoms with van der Waals surface area (Å²) in [4.78, 5) is 26.9. The summed E-state index contributed by atoms with van der Waals surface area (Å²) in [6.45, 7) is 8.68. The first-order valence-electron chi connectivity index (χ1n) is 10.9. The summed E-state index contributed by atoms with van der Waals surface area (Å²) in [5.41, 5.74) is 2.24. The van der Waals surface area contributed by atoms with Crippen molar-refractivity contribution in [2.24, 2.45) is 0 Å². The maximum absolute atomic E-state index is 12.9. The Kier molecular flexibility index (Phi) is 7.76. The van der Waals surface area contributed by atoms with Crippen LogP contribution in [0, 0.1) is 0 Å². The Morgan fingerprint density at radius 2 is 1.73 bits per heavy atom. The average molecular weight is 468 g/mol. The highest BCUT2D eigenvalue weighted by atomic mass is 35.5. The van der Waals surface area contributed by atoms with Crippen LogP contribution in [0.25, 0.3) is 5.69 Å². The zero-order valence-corrected chi connectivity index (χ0v) is 20.2. The van der Waals surface area contributed by atoms with Gasteiger partial charge in [-0.1, -0.05) is 74.8 Å². The molecule has 0 unspecified atom stereocenters. The highest BCUT2D eigenvalue weighted by Gasteiger charge is 2.23. The minimum Gasteiger partial charge on any atom is -0.334 e. The molecule has 3 rings (SSSR count). The van der Waals surface area contributed by atoms with Crippen molar-refractivity contribution >= 4 is 29.4 Å². The predicted molar refractivity (Wildman–Crippen MR) is 132 cm³/mol. The highest BCUT2D eigenvalue weighted by Crippen LogP contribution is 2.29. The third-order valence-electron chi connectivity index (χ3n) is 5.12. The van der Waals surface area contributed by atoms with Crippen LogP contribution in [0.4, 0.5) is 10.6 Å². The molecule has 0 atom stereocenters. The number of hydrogen-bond donors (Lipinski definition) is 2. The summed E-state index contributed by atoms with van der Waals surface area (Å²) in [5.74, 6) is 0.180. The van der Waals surface area contributed by atoms with Crippen molar-refractivity contribution in [2.75, 3.05) is 18.4 Å². The number of para-hydroxylation sites is 1. The number of benzene rings is 2. The van der Waals surface area contributed by atoms with Gasteiger partial charge in [-0.2, -0.15) is 5.10 Å². The standard InChI is InChI=1S/C25H30ClN5O2/c1-5-30(24(33)27-16-18-11-7-6-8-12-18)17-23(32)28-22-15-21(25(2,3)4)29-31(22)20-14-10-9-13-19(20)26/h6-15H,5,16-17H2,1-4H3,(H,27,33)(H,28,32). The molecule has 1 aromatic heterocycles. The first-order chi connectivity index (χ1) is 15.7. The van der Waals surface area contributed by atoms with Gasteiger partial charge >= 0.3 is 6.03 Å². The SMILES string of the molecule is CCN(CC(=O)Nc1cc(C(C)(C)C)nn1-c1ccccc1Cl)C(=O)NCc1ccccc1. The number of hydrogen-bond acceptors (Lipinski definition) is 3. The third-order valence-corrected chi connectivity index (χ3v) is 5.44. The molecule has 8 heteroatoms. The van der Waals surface area contributed by atoms with Crippen LogP contribution in [0.15, 0.2) is 60.7 Å². The lowest BCUT2D eigenvalue weighted by molar-refractivity contribution is -0.116. The number of rotatable bonds is 7. The van der Waals surface area contributed by atoms with Crippen molar-refractivity contribution in [2.45, 2.75) is 39.7 Å². The van der Waals surface area contributed by atoms with E-state index in [1.54, 1.807) is 10.7 Å². The Labute approximate surface area is 199 Å². The molecule has 3 amide bonds. The number of likely N-dealkylation sites (N-methyl/N-ethyl adjacent to an activating group) is 1. The van der Waals surface area contributed by atoms with Gasteiger partial charge in [0.05, 0.1) is 16.4 Å². The van der Waals surface area contributed by atoms with E-state index in [4.69, 9.17) is 11.6 Å². The van der Waals surface area contributed by atoms with Gasteiger partial charge in [-0.15, -0.1) is 0 Å². The van der Waals surface area contributed by atoms with Crippen LogP contribution in [0.5, 0.6) is 0 Å². The number of aromatic nitrogens is 2. The molecule has 0 aliphatic heterocycles. The van der Waals surface area contributed by atoms with Gasteiger partial charge < -0.3 is 15.5 Å². The summed E-state index contributed by atoms with van der Waals surface area (Å²) < 4.78 is 1.63. The normalized spacial score (nSPS) is 11.2. The molecule has 7 nitrogen and oxygen atoms in total. The van der Waals surface area contributed by atoms with Gasteiger partial charge in [0.15, 0.2) is 0 Å². The lowest BCUT2D eigenvalue weighted by atomic mass is 9.92. The van der Waals surface area contributed by atoms with E-state index in [-0.39, 0.29) is 23.9 Å². The van der Waals surface area contributed by atoms with E-state index in [1.807, 2.05) is 82.3 Å². The van der Waals surface area contributed by atoms with Crippen molar-refractivity contribution in [3.8, 4) is 5.69 Å². The minimum absolute atomic E-state index is 0.0876. The average Bonchev–Trinajstić information content (AvgIpc) is 3.20. The van der Waals surface area contributed by atoms with Gasteiger partial charge in [0.25, 0.3) is 0 Å². The molecule has 0 spiro atoms. The summed E-state index contributed by atoms with van der Waals surface area (Å²) in [6, 6.07) is 18.5. The van der Waals surface area contributed by atoms with Crippen LogP contribution in [0.3, 0.4) is 0 Å². The molecular formula is C25H30ClN5O2. The fourth-order valence-corrected chi connectivity index (χ4v) is 3.43. The van der Waals surface area contributed by atoms with E-state index in [0.717, 1.165) is 11.3 Å². The number of anilines is 1. The fraction of sp³-hybridized carbons (Fsp3) is 0.320. The minimum atomic E-state index is -0.319. The molecular weight excluding hydrogens is 438 g/mol. The van der Waals surface area contributed by atoms with E-state index in [9.17, 15) is 9.59 Å². The molecule has 0 aliphatic rings. The molecule has 174 valence electrons. The Morgan fingerprint density at radius 3 is 2.36 bits per heavy atom. The molecule has 1 heterocycles. The summed E-state index contributed by atoms with van der Waals surface area (Å²) in [7, 11) is 0. The van der Waals surface area contributed by atoms with Crippen LogP contribution in [0.1, 0.15) is 39.0 Å². The van der Waals surface area contributed by atoms with Crippen LogP contribution in [-0.4, -0.2) is 39.7 Å². The van der Waals surface area contributed by atoms with Gasteiger partial charge in [-0.3, -0.25) is 4.79 Å². The van der Waals surface area contributed by atoms with E-state index < -0.39 is 0 Å². The molecule has 0 aliphatic carbocycles. The largest absolute Gasteiger partial charge is 0.334 e. The van der Waals surface area contributed by atoms with Crippen LogP contribution in [-0.2, 0) is 16.8 Å². The van der Waals surface area contributed by atoms with Crippen LogP contribution in [0.2, 0.25) is 5.02 Å². The Bertz CT molecular complexity index is 1110. The zero-order chi connectivity index (χ0) is 24.0. The molecule has 0 saturated carbocycles. The van der Waals surface area contributed by atoms with Crippen molar-refractivity contribution < 1.29 is 9.59 Å². The number of nitrogens with zero attached hydrogens (tertiary/aromatic N) is 3. The highest BCUT2D eigenvalue weighted by molar-refractivity contribution is 6.32. The number of halogens is 1. The molecule has 0 bridgehead atoms. The second-order valence-corrected chi connectivity index (χ2v) is 9.14. The van der Waals surface area contributed by atoms with Crippen molar-refractivity contribution in [1.82, 2.24) is 20.0 Å². The first kappa shape index (κ1) is 24.3. The Morgan fingerprint density at radius 1 is 1.06 bits per heavy atom. The van der Waals surface area contributed by atoms with E-state index in [1.165, 1.54) is 4.90 Å².